The maximum Gasteiger partial charge on any atom is 0.390 e. The molecule has 2 N–H and O–H groups in total. The minimum atomic E-state index is -4.42. The zero-order valence-electron chi connectivity index (χ0n) is 10.1. The summed E-state index contributed by atoms with van der Waals surface area (Å²) >= 11 is 0. The number of rotatable bonds is 2. The summed E-state index contributed by atoms with van der Waals surface area (Å²) in [6, 6.07) is 0. The standard InChI is InChI=1S/C10H16F6N2/c1-7(3-9(11,12)13)5-17-6-8(2,18-7)4-10(14,15)16/h17-18H,3-6H2,1-2H3. The van der Waals surface area contributed by atoms with Crippen LogP contribution in [0.3, 0.4) is 0 Å². The van der Waals surface area contributed by atoms with Crippen LogP contribution < -0.4 is 10.6 Å². The first-order chi connectivity index (χ1) is 7.83. The first kappa shape index (κ1) is 15.6. The fourth-order valence-corrected chi connectivity index (χ4v) is 2.53. The second kappa shape index (κ2) is 4.56. The molecule has 1 rings (SSSR count). The Labute approximate surface area is 101 Å². The third kappa shape index (κ3) is 5.01. The van der Waals surface area contributed by atoms with Gasteiger partial charge in [0.05, 0.1) is 12.8 Å². The van der Waals surface area contributed by atoms with Crippen LogP contribution in [-0.2, 0) is 0 Å². The molecule has 18 heavy (non-hydrogen) atoms. The van der Waals surface area contributed by atoms with Crippen LogP contribution in [0.5, 0.6) is 0 Å². The van der Waals surface area contributed by atoms with Crippen molar-refractivity contribution < 1.29 is 26.3 Å². The number of alkyl halides is 6. The van der Waals surface area contributed by atoms with Crippen molar-refractivity contribution in [2.45, 2.75) is 50.1 Å². The Morgan fingerprint density at radius 3 is 1.44 bits per heavy atom. The number of halogens is 6. The first-order valence-electron chi connectivity index (χ1n) is 5.46. The van der Waals surface area contributed by atoms with Gasteiger partial charge < -0.3 is 10.6 Å². The second-order valence-corrected chi connectivity index (χ2v) is 5.43. The van der Waals surface area contributed by atoms with Gasteiger partial charge in [0.15, 0.2) is 0 Å². The lowest BCUT2D eigenvalue weighted by Crippen LogP contribution is -2.69. The molecule has 0 aromatic rings. The third-order valence-electron chi connectivity index (χ3n) is 2.82. The van der Waals surface area contributed by atoms with Crippen molar-refractivity contribution in [2.75, 3.05) is 13.1 Å². The van der Waals surface area contributed by atoms with E-state index in [1.54, 1.807) is 0 Å². The van der Waals surface area contributed by atoms with Gasteiger partial charge in [0.2, 0.25) is 0 Å². The number of hydrogen-bond donors (Lipinski definition) is 2. The van der Waals surface area contributed by atoms with Crippen molar-refractivity contribution >= 4 is 0 Å². The van der Waals surface area contributed by atoms with Gasteiger partial charge in [-0.1, -0.05) is 0 Å². The highest BCUT2D eigenvalue weighted by Gasteiger charge is 2.48. The van der Waals surface area contributed by atoms with E-state index in [2.05, 4.69) is 10.6 Å². The van der Waals surface area contributed by atoms with Crippen molar-refractivity contribution in [3.05, 3.63) is 0 Å². The molecular weight excluding hydrogens is 262 g/mol. The molecule has 0 bridgehead atoms. The SMILES string of the molecule is CC1(CC(F)(F)F)CNCC(C)(CC(F)(F)F)N1. The molecule has 0 radical (unpaired) electrons. The summed E-state index contributed by atoms with van der Waals surface area (Å²) in [5.74, 6) is 0. The molecule has 8 heteroatoms. The van der Waals surface area contributed by atoms with Gasteiger partial charge in [-0.15, -0.1) is 0 Å². The summed E-state index contributed by atoms with van der Waals surface area (Å²) in [6.07, 6.45) is -11.2. The molecule has 108 valence electrons. The van der Waals surface area contributed by atoms with E-state index in [0.29, 0.717) is 0 Å². The largest absolute Gasteiger partial charge is 0.390 e. The van der Waals surface area contributed by atoms with Gasteiger partial charge in [-0.05, 0) is 13.8 Å². The van der Waals surface area contributed by atoms with Crippen LogP contribution in [0, 0.1) is 0 Å². The van der Waals surface area contributed by atoms with E-state index < -0.39 is 36.3 Å². The molecule has 0 aromatic carbocycles. The average Bonchev–Trinajstić information content (AvgIpc) is 1.91. The summed E-state index contributed by atoms with van der Waals surface area (Å²) < 4.78 is 74.3. The predicted octanol–water partition coefficient (Wildman–Crippen LogP) is 2.60. The lowest BCUT2D eigenvalue weighted by Gasteiger charge is -2.47. The zero-order chi connectivity index (χ0) is 14.2. The van der Waals surface area contributed by atoms with Gasteiger partial charge in [0.1, 0.15) is 0 Å². The molecule has 1 fully saturated rings. The highest BCUT2D eigenvalue weighted by molar-refractivity contribution is 5.02. The van der Waals surface area contributed by atoms with Crippen LogP contribution in [-0.4, -0.2) is 36.5 Å². The molecule has 1 heterocycles. The Morgan fingerprint density at radius 2 is 1.17 bits per heavy atom. The molecule has 0 amide bonds. The molecule has 2 unspecified atom stereocenters. The highest BCUT2D eigenvalue weighted by Crippen LogP contribution is 2.34. The highest BCUT2D eigenvalue weighted by atomic mass is 19.4. The third-order valence-corrected chi connectivity index (χ3v) is 2.82. The minimum Gasteiger partial charge on any atom is -0.313 e. The normalized spacial score (nSPS) is 34.7. The van der Waals surface area contributed by atoms with Gasteiger partial charge >= 0.3 is 12.4 Å². The smallest absolute Gasteiger partial charge is 0.313 e. The fraction of sp³-hybridized carbons (Fsp3) is 1.00. The van der Waals surface area contributed by atoms with Crippen LogP contribution in [0.15, 0.2) is 0 Å². The van der Waals surface area contributed by atoms with Gasteiger partial charge in [-0.25, -0.2) is 0 Å². The molecule has 1 aliphatic rings. The van der Waals surface area contributed by atoms with Crippen molar-refractivity contribution in [2.24, 2.45) is 0 Å². The molecule has 1 saturated heterocycles. The van der Waals surface area contributed by atoms with Crippen LogP contribution in [0.1, 0.15) is 26.7 Å². The molecule has 2 nitrogen and oxygen atoms in total. The molecule has 0 spiro atoms. The Balaban J connectivity index is 2.76. The van der Waals surface area contributed by atoms with Crippen molar-refractivity contribution in [3.63, 3.8) is 0 Å². The van der Waals surface area contributed by atoms with Crippen molar-refractivity contribution in [1.82, 2.24) is 10.6 Å². The summed E-state index contributed by atoms with van der Waals surface area (Å²) in [7, 11) is 0. The van der Waals surface area contributed by atoms with Crippen molar-refractivity contribution in [1.29, 1.82) is 0 Å². The van der Waals surface area contributed by atoms with Crippen LogP contribution >= 0.6 is 0 Å². The fourth-order valence-electron chi connectivity index (χ4n) is 2.53. The lowest BCUT2D eigenvalue weighted by atomic mass is 9.85. The lowest BCUT2D eigenvalue weighted by molar-refractivity contribution is -0.165. The van der Waals surface area contributed by atoms with E-state index in [0.717, 1.165) is 0 Å². The Bertz CT molecular complexity index is 272. The quantitative estimate of drug-likeness (QED) is 0.759. The Hall–Kier alpha value is -0.500. The van der Waals surface area contributed by atoms with E-state index in [1.165, 1.54) is 13.8 Å². The summed E-state index contributed by atoms with van der Waals surface area (Å²) in [5, 5.41) is 5.17. The predicted molar refractivity (Wildman–Crippen MR) is 54.2 cm³/mol. The Kier molecular flexibility index (Phi) is 3.94. The van der Waals surface area contributed by atoms with Crippen LogP contribution in [0.25, 0.3) is 0 Å². The number of hydrogen-bond acceptors (Lipinski definition) is 2. The summed E-state index contributed by atoms with van der Waals surface area (Å²) in [6.45, 7) is 2.53. The topological polar surface area (TPSA) is 24.1 Å². The number of piperazine rings is 1. The maximum absolute atomic E-state index is 12.4. The molecule has 0 saturated carbocycles. The van der Waals surface area contributed by atoms with Gasteiger partial charge in [0, 0.05) is 24.2 Å². The Morgan fingerprint density at radius 1 is 0.833 bits per heavy atom. The van der Waals surface area contributed by atoms with Crippen molar-refractivity contribution in [3.8, 4) is 0 Å². The number of nitrogens with one attached hydrogen (secondary N) is 2. The van der Waals surface area contributed by atoms with E-state index in [1.807, 2.05) is 0 Å². The molecule has 2 atom stereocenters. The van der Waals surface area contributed by atoms with Crippen LogP contribution in [0.4, 0.5) is 26.3 Å². The zero-order valence-corrected chi connectivity index (χ0v) is 10.1. The van der Waals surface area contributed by atoms with E-state index in [9.17, 15) is 26.3 Å². The van der Waals surface area contributed by atoms with E-state index >= 15 is 0 Å². The molecule has 0 aromatic heterocycles. The van der Waals surface area contributed by atoms with E-state index in [4.69, 9.17) is 0 Å². The monoisotopic (exact) mass is 278 g/mol. The molecular formula is C10H16F6N2. The first-order valence-corrected chi connectivity index (χ1v) is 5.46. The van der Waals surface area contributed by atoms with Gasteiger partial charge in [0.25, 0.3) is 0 Å². The summed E-state index contributed by atoms with van der Waals surface area (Å²) in [5.41, 5.74) is -2.84. The minimum absolute atomic E-state index is 0.0139. The average molecular weight is 278 g/mol. The van der Waals surface area contributed by atoms with Crippen LogP contribution in [0.2, 0.25) is 0 Å². The van der Waals surface area contributed by atoms with E-state index in [-0.39, 0.29) is 13.1 Å². The van der Waals surface area contributed by atoms with Gasteiger partial charge in [-0.3, -0.25) is 0 Å². The molecule has 0 aliphatic carbocycles. The maximum atomic E-state index is 12.4. The molecule has 1 aliphatic heterocycles. The summed E-state index contributed by atoms with van der Waals surface area (Å²) in [4.78, 5) is 0. The van der Waals surface area contributed by atoms with Gasteiger partial charge in [-0.2, -0.15) is 26.3 Å². The second-order valence-electron chi connectivity index (χ2n) is 5.43.